The summed E-state index contributed by atoms with van der Waals surface area (Å²) in [6.45, 7) is 11.5. The van der Waals surface area contributed by atoms with Gasteiger partial charge in [-0.1, -0.05) is 32.9 Å². The van der Waals surface area contributed by atoms with E-state index < -0.39 is 0 Å². The van der Waals surface area contributed by atoms with Gasteiger partial charge in [-0.05, 0) is 36.8 Å². The van der Waals surface area contributed by atoms with Crippen molar-refractivity contribution in [3.05, 3.63) is 28.8 Å². The number of aryl methyl sites for hydroxylation is 2. The molecule has 0 heterocycles. The number of esters is 1. The van der Waals surface area contributed by atoms with Gasteiger partial charge in [-0.2, -0.15) is 0 Å². The van der Waals surface area contributed by atoms with Crippen LogP contribution >= 0.6 is 0 Å². The molecule has 0 amide bonds. The lowest BCUT2D eigenvalue weighted by Crippen LogP contribution is -2.15. The first-order chi connectivity index (χ1) is 10.8. The summed E-state index contributed by atoms with van der Waals surface area (Å²) in [5, 5.41) is 8.69. The van der Waals surface area contributed by atoms with Gasteiger partial charge in [-0.15, -0.1) is 0 Å². The molecule has 0 aliphatic heterocycles. The molecular weight excluding hydrogens is 292 g/mol. The van der Waals surface area contributed by atoms with Gasteiger partial charge in [0, 0.05) is 25.0 Å². The number of hydrogen-bond donors (Lipinski definition) is 1. The minimum Gasteiger partial charge on any atom is -0.493 e. The van der Waals surface area contributed by atoms with Gasteiger partial charge in [0.15, 0.2) is 0 Å². The maximum Gasteiger partial charge on any atom is 0.306 e. The molecule has 0 saturated carbocycles. The number of benzene rings is 1. The van der Waals surface area contributed by atoms with Gasteiger partial charge < -0.3 is 14.6 Å². The predicted molar refractivity (Wildman–Crippen MR) is 92.0 cm³/mol. The van der Waals surface area contributed by atoms with Crippen LogP contribution in [-0.2, 0) is 21.4 Å². The van der Waals surface area contributed by atoms with Crippen LogP contribution in [0.4, 0.5) is 0 Å². The van der Waals surface area contributed by atoms with Crippen molar-refractivity contribution in [2.45, 2.75) is 59.3 Å². The van der Waals surface area contributed by atoms with Crippen molar-refractivity contribution in [3.8, 4) is 5.75 Å². The van der Waals surface area contributed by atoms with E-state index in [9.17, 15) is 4.79 Å². The molecule has 1 rings (SSSR count). The zero-order chi connectivity index (χ0) is 17.5. The Kier molecular flexibility index (Phi) is 7.56. The van der Waals surface area contributed by atoms with E-state index in [4.69, 9.17) is 14.6 Å². The van der Waals surface area contributed by atoms with Gasteiger partial charge >= 0.3 is 5.97 Å². The van der Waals surface area contributed by atoms with Crippen molar-refractivity contribution in [2.24, 2.45) is 0 Å². The lowest BCUT2D eigenvalue weighted by molar-refractivity contribution is -0.143. The number of carbonyl (C=O) groups excluding carboxylic acids is 1. The fourth-order valence-corrected chi connectivity index (χ4v) is 2.46. The van der Waals surface area contributed by atoms with E-state index >= 15 is 0 Å². The van der Waals surface area contributed by atoms with E-state index in [1.807, 2.05) is 13.8 Å². The van der Waals surface area contributed by atoms with E-state index in [0.29, 0.717) is 25.9 Å². The van der Waals surface area contributed by atoms with Gasteiger partial charge in [0.1, 0.15) is 5.75 Å². The van der Waals surface area contributed by atoms with Crippen LogP contribution < -0.4 is 4.74 Å². The third-order valence-corrected chi connectivity index (χ3v) is 3.61. The van der Waals surface area contributed by atoms with Crippen molar-refractivity contribution in [1.82, 2.24) is 0 Å². The van der Waals surface area contributed by atoms with Crippen LogP contribution in [0.2, 0.25) is 0 Å². The lowest BCUT2D eigenvalue weighted by Gasteiger charge is -2.25. The molecule has 0 aromatic heterocycles. The van der Waals surface area contributed by atoms with E-state index in [1.165, 1.54) is 5.56 Å². The zero-order valence-corrected chi connectivity index (χ0v) is 15.1. The van der Waals surface area contributed by atoms with Gasteiger partial charge in [0.25, 0.3) is 0 Å². The molecule has 0 spiro atoms. The SMILES string of the molecule is CCOc1c(C)cc(CCC(=O)OCCCO)cc1C(C)(C)C. The number of carbonyl (C=O) groups is 1. The summed E-state index contributed by atoms with van der Waals surface area (Å²) in [7, 11) is 0. The molecular formula is C19H30O4. The molecule has 1 N–H and O–H groups in total. The minimum absolute atomic E-state index is 0.0209. The Morgan fingerprint density at radius 3 is 2.52 bits per heavy atom. The number of aliphatic hydroxyl groups is 1. The van der Waals surface area contributed by atoms with Crippen molar-refractivity contribution in [3.63, 3.8) is 0 Å². The van der Waals surface area contributed by atoms with Crippen molar-refractivity contribution < 1.29 is 19.4 Å². The monoisotopic (exact) mass is 322 g/mol. The first-order valence-corrected chi connectivity index (χ1v) is 8.32. The smallest absolute Gasteiger partial charge is 0.306 e. The molecule has 0 fully saturated rings. The molecule has 0 atom stereocenters. The molecule has 0 aliphatic carbocycles. The topological polar surface area (TPSA) is 55.8 Å². The highest BCUT2D eigenvalue weighted by Crippen LogP contribution is 2.35. The van der Waals surface area contributed by atoms with E-state index in [0.717, 1.165) is 16.9 Å². The molecule has 130 valence electrons. The third kappa shape index (κ3) is 6.22. The minimum atomic E-state index is -0.220. The van der Waals surface area contributed by atoms with Crippen molar-refractivity contribution in [2.75, 3.05) is 19.8 Å². The molecule has 0 unspecified atom stereocenters. The highest BCUT2D eigenvalue weighted by molar-refractivity contribution is 5.69. The Bertz CT molecular complexity index is 515. The maximum atomic E-state index is 11.7. The molecule has 0 saturated heterocycles. The van der Waals surface area contributed by atoms with Crippen molar-refractivity contribution in [1.29, 1.82) is 0 Å². The van der Waals surface area contributed by atoms with Crippen LogP contribution in [0.25, 0.3) is 0 Å². The normalized spacial score (nSPS) is 11.4. The van der Waals surface area contributed by atoms with E-state index in [2.05, 4.69) is 32.9 Å². The van der Waals surface area contributed by atoms with Crippen LogP contribution in [-0.4, -0.2) is 30.9 Å². The summed E-state index contributed by atoms with van der Waals surface area (Å²) in [5.41, 5.74) is 3.37. The van der Waals surface area contributed by atoms with Crippen LogP contribution in [0.1, 0.15) is 57.2 Å². The van der Waals surface area contributed by atoms with Gasteiger partial charge in [-0.25, -0.2) is 0 Å². The van der Waals surface area contributed by atoms with Gasteiger partial charge in [-0.3, -0.25) is 4.79 Å². The number of rotatable bonds is 8. The summed E-state index contributed by atoms with van der Waals surface area (Å²) in [5.74, 6) is 0.733. The quantitative estimate of drug-likeness (QED) is 0.587. The Hall–Kier alpha value is -1.55. The van der Waals surface area contributed by atoms with Crippen LogP contribution in [0, 0.1) is 6.92 Å². The number of aliphatic hydroxyl groups excluding tert-OH is 1. The van der Waals surface area contributed by atoms with Gasteiger partial charge in [0.2, 0.25) is 0 Å². The highest BCUT2D eigenvalue weighted by atomic mass is 16.5. The average Bonchev–Trinajstić information content (AvgIpc) is 2.46. The number of hydrogen-bond acceptors (Lipinski definition) is 4. The molecule has 1 aromatic rings. The lowest BCUT2D eigenvalue weighted by atomic mass is 9.83. The van der Waals surface area contributed by atoms with E-state index in [1.54, 1.807) is 0 Å². The molecule has 4 nitrogen and oxygen atoms in total. The fourth-order valence-electron chi connectivity index (χ4n) is 2.46. The van der Waals surface area contributed by atoms with Crippen LogP contribution in [0.5, 0.6) is 5.75 Å². The third-order valence-electron chi connectivity index (χ3n) is 3.61. The first kappa shape index (κ1) is 19.5. The Morgan fingerprint density at radius 2 is 1.96 bits per heavy atom. The van der Waals surface area contributed by atoms with Crippen LogP contribution in [0.3, 0.4) is 0 Å². The Labute approximate surface area is 139 Å². The first-order valence-electron chi connectivity index (χ1n) is 8.32. The Balaban J connectivity index is 2.84. The summed E-state index contributed by atoms with van der Waals surface area (Å²) < 4.78 is 10.9. The van der Waals surface area contributed by atoms with Gasteiger partial charge in [0.05, 0.1) is 13.2 Å². The fraction of sp³-hybridized carbons (Fsp3) is 0.632. The predicted octanol–water partition coefficient (Wildman–Crippen LogP) is 3.55. The molecule has 0 radical (unpaired) electrons. The summed E-state index contributed by atoms with van der Waals surface area (Å²) in [4.78, 5) is 11.7. The summed E-state index contributed by atoms with van der Waals surface area (Å²) >= 11 is 0. The molecule has 0 bridgehead atoms. The molecule has 0 aliphatic rings. The van der Waals surface area contributed by atoms with Crippen molar-refractivity contribution >= 4 is 5.97 Å². The maximum absolute atomic E-state index is 11.7. The van der Waals surface area contributed by atoms with Crippen LogP contribution in [0.15, 0.2) is 12.1 Å². The summed E-state index contributed by atoms with van der Waals surface area (Å²) in [6, 6.07) is 4.22. The highest BCUT2D eigenvalue weighted by Gasteiger charge is 2.21. The summed E-state index contributed by atoms with van der Waals surface area (Å²) in [6.07, 6.45) is 1.48. The molecule has 4 heteroatoms. The second kappa shape index (κ2) is 8.92. The Morgan fingerprint density at radius 1 is 1.26 bits per heavy atom. The second-order valence-electron chi connectivity index (χ2n) is 6.77. The van der Waals surface area contributed by atoms with E-state index in [-0.39, 0.29) is 24.6 Å². The molecule has 23 heavy (non-hydrogen) atoms. The second-order valence-corrected chi connectivity index (χ2v) is 6.77. The average molecular weight is 322 g/mol. The zero-order valence-electron chi connectivity index (χ0n) is 15.1. The molecule has 1 aromatic carbocycles. The number of ether oxygens (including phenoxy) is 2. The standard InChI is InChI=1S/C19H30O4/c1-6-22-18-14(2)12-15(13-16(18)19(3,4)5)8-9-17(21)23-11-7-10-20/h12-13,20H,6-11H2,1-5H3. The largest absolute Gasteiger partial charge is 0.493 e.